The van der Waals surface area contributed by atoms with Crippen LogP contribution in [0.1, 0.15) is 25.7 Å². The molecule has 2 unspecified atom stereocenters. The zero-order valence-electron chi connectivity index (χ0n) is 14.5. The number of aryl methyl sites for hydroxylation is 1. The molecular weight excluding hydrogens is 397 g/mol. The van der Waals surface area contributed by atoms with Crippen molar-refractivity contribution >= 4 is 42.3 Å². The van der Waals surface area contributed by atoms with Crippen LogP contribution in [0.15, 0.2) is 34.9 Å². The van der Waals surface area contributed by atoms with Crippen molar-refractivity contribution in [2.75, 3.05) is 13.1 Å². The highest BCUT2D eigenvalue weighted by Gasteiger charge is 2.22. The molecule has 144 valence electrons. The molecule has 3 rings (SSSR count). The van der Waals surface area contributed by atoms with Crippen LogP contribution in [0.2, 0.25) is 5.02 Å². The Morgan fingerprint density at radius 3 is 2.88 bits per heavy atom. The Balaban J connectivity index is 0.00000169. The summed E-state index contributed by atoms with van der Waals surface area (Å²) >= 11 is 6.16. The van der Waals surface area contributed by atoms with Crippen LogP contribution in [-0.2, 0) is 11.2 Å². The van der Waals surface area contributed by atoms with Gasteiger partial charge in [0.1, 0.15) is 0 Å². The van der Waals surface area contributed by atoms with E-state index in [0.29, 0.717) is 35.4 Å². The molecule has 0 bridgehead atoms. The maximum atomic E-state index is 12.1. The zero-order chi connectivity index (χ0) is 16.9. The fraction of sp³-hybridized carbons (Fsp3) is 0.444. The molecule has 2 N–H and O–H groups in total. The van der Waals surface area contributed by atoms with Gasteiger partial charge in [-0.15, -0.1) is 24.8 Å². The molecule has 0 spiro atoms. The topological polar surface area (TPSA) is 67.2 Å². The molecule has 1 aromatic heterocycles. The quantitative estimate of drug-likeness (QED) is 0.770. The van der Waals surface area contributed by atoms with Crippen LogP contribution in [0.3, 0.4) is 0 Å². The Morgan fingerprint density at radius 2 is 2.15 bits per heavy atom. The van der Waals surface area contributed by atoms with Gasteiger partial charge in [-0.25, -0.2) is 4.98 Å². The highest BCUT2D eigenvalue weighted by atomic mass is 35.5. The molecule has 5 nitrogen and oxygen atoms in total. The Labute approximate surface area is 171 Å². The first-order valence-corrected chi connectivity index (χ1v) is 8.71. The summed E-state index contributed by atoms with van der Waals surface area (Å²) in [7, 11) is 0. The summed E-state index contributed by atoms with van der Waals surface area (Å²) < 4.78 is 5.72. The third-order valence-electron chi connectivity index (χ3n) is 4.43. The maximum Gasteiger partial charge on any atom is 0.220 e. The Hall–Kier alpha value is -1.27. The number of carbonyl (C=O) groups excluding carboxylic acids is 1. The van der Waals surface area contributed by atoms with Crippen molar-refractivity contribution in [1.82, 2.24) is 15.6 Å². The number of halogens is 3. The van der Waals surface area contributed by atoms with Gasteiger partial charge in [-0.1, -0.05) is 30.7 Å². The van der Waals surface area contributed by atoms with Gasteiger partial charge in [0.2, 0.25) is 5.91 Å². The fourth-order valence-electron chi connectivity index (χ4n) is 2.89. The molecule has 0 aliphatic carbocycles. The lowest BCUT2D eigenvalue weighted by atomic mass is 9.95. The monoisotopic (exact) mass is 419 g/mol. The summed E-state index contributed by atoms with van der Waals surface area (Å²) in [5, 5.41) is 7.03. The van der Waals surface area contributed by atoms with E-state index >= 15 is 0 Å². The minimum atomic E-state index is 0. The van der Waals surface area contributed by atoms with Crippen molar-refractivity contribution in [3.8, 4) is 11.3 Å². The van der Waals surface area contributed by atoms with Crippen molar-refractivity contribution in [2.45, 2.75) is 32.2 Å². The number of nitrogens with zero attached hydrogens (tertiary/aromatic N) is 1. The number of nitrogens with one attached hydrogen (secondary N) is 2. The second-order valence-electron chi connectivity index (χ2n) is 6.24. The SMILES string of the molecule is CC1CCNCC1NC(=O)CCc1ncc(-c2ccccc2Cl)o1.Cl.Cl. The maximum absolute atomic E-state index is 12.1. The van der Waals surface area contributed by atoms with E-state index < -0.39 is 0 Å². The van der Waals surface area contributed by atoms with E-state index in [-0.39, 0.29) is 36.8 Å². The average molecular weight is 421 g/mol. The number of piperidine rings is 1. The van der Waals surface area contributed by atoms with Crippen LogP contribution >= 0.6 is 36.4 Å². The second kappa shape index (κ2) is 10.8. The lowest BCUT2D eigenvalue weighted by Gasteiger charge is -2.30. The molecule has 1 aliphatic rings. The summed E-state index contributed by atoms with van der Waals surface area (Å²) in [5.74, 6) is 1.72. The van der Waals surface area contributed by atoms with Crippen LogP contribution in [0.5, 0.6) is 0 Å². The number of hydrogen-bond acceptors (Lipinski definition) is 4. The molecule has 2 aromatic rings. The summed E-state index contributed by atoms with van der Waals surface area (Å²) in [5.41, 5.74) is 0.810. The standard InChI is InChI=1S/C18H22ClN3O2.2ClH/c1-12-8-9-20-10-15(12)22-17(23)6-7-18-21-11-16(24-18)13-4-2-3-5-14(13)19;;/h2-5,11-12,15,20H,6-10H2,1H3,(H,22,23);2*1H. The average Bonchev–Trinajstić information content (AvgIpc) is 3.04. The minimum Gasteiger partial charge on any atom is -0.441 e. The van der Waals surface area contributed by atoms with E-state index in [1.165, 1.54) is 0 Å². The molecule has 0 radical (unpaired) electrons. The van der Waals surface area contributed by atoms with E-state index in [4.69, 9.17) is 16.0 Å². The molecule has 1 saturated heterocycles. The van der Waals surface area contributed by atoms with Crippen LogP contribution in [0.25, 0.3) is 11.3 Å². The highest BCUT2D eigenvalue weighted by molar-refractivity contribution is 6.33. The lowest BCUT2D eigenvalue weighted by Crippen LogP contribution is -2.50. The van der Waals surface area contributed by atoms with Gasteiger partial charge in [0.15, 0.2) is 11.7 Å². The summed E-state index contributed by atoms with van der Waals surface area (Å²) in [4.78, 5) is 16.4. The van der Waals surface area contributed by atoms with E-state index in [2.05, 4.69) is 22.5 Å². The molecule has 1 fully saturated rings. The van der Waals surface area contributed by atoms with Crippen LogP contribution in [0, 0.1) is 5.92 Å². The van der Waals surface area contributed by atoms with Gasteiger partial charge in [0, 0.05) is 31.0 Å². The van der Waals surface area contributed by atoms with Crippen molar-refractivity contribution < 1.29 is 9.21 Å². The van der Waals surface area contributed by atoms with Gasteiger partial charge in [-0.2, -0.15) is 0 Å². The normalized spacial score (nSPS) is 19.2. The number of oxazole rings is 1. The van der Waals surface area contributed by atoms with Crippen molar-refractivity contribution in [1.29, 1.82) is 0 Å². The second-order valence-corrected chi connectivity index (χ2v) is 6.65. The number of carbonyl (C=O) groups is 1. The van der Waals surface area contributed by atoms with Crippen molar-refractivity contribution in [3.05, 3.63) is 41.4 Å². The van der Waals surface area contributed by atoms with Crippen LogP contribution < -0.4 is 10.6 Å². The fourth-order valence-corrected chi connectivity index (χ4v) is 3.12. The number of rotatable bonds is 5. The van der Waals surface area contributed by atoms with Crippen LogP contribution in [0.4, 0.5) is 0 Å². The summed E-state index contributed by atoms with van der Waals surface area (Å²) in [6, 6.07) is 7.67. The first-order valence-electron chi connectivity index (χ1n) is 8.33. The van der Waals surface area contributed by atoms with Crippen LogP contribution in [-0.4, -0.2) is 30.0 Å². The molecule has 2 heterocycles. The highest BCUT2D eigenvalue weighted by Crippen LogP contribution is 2.28. The third-order valence-corrected chi connectivity index (χ3v) is 4.76. The Morgan fingerprint density at radius 1 is 1.38 bits per heavy atom. The van der Waals surface area contributed by atoms with Gasteiger partial charge >= 0.3 is 0 Å². The number of amides is 1. The number of aromatic nitrogens is 1. The van der Waals surface area contributed by atoms with E-state index in [1.807, 2.05) is 24.3 Å². The van der Waals surface area contributed by atoms with Gasteiger partial charge in [0.05, 0.1) is 11.2 Å². The summed E-state index contributed by atoms with van der Waals surface area (Å²) in [6.07, 6.45) is 3.59. The van der Waals surface area contributed by atoms with Gasteiger partial charge in [-0.3, -0.25) is 4.79 Å². The minimum absolute atomic E-state index is 0. The third kappa shape index (κ3) is 5.88. The number of benzene rings is 1. The Kier molecular flexibility index (Phi) is 9.44. The first-order chi connectivity index (χ1) is 11.6. The molecular formula is C18H24Cl3N3O2. The van der Waals surface area contributed by atoms with Crippen molar-refractivity contribution in [2.24, 2.45) is 5.92 Å². The molecule has 1 aliphatic heterocycles. The van der Waals surface area contributed by atoms with Gasteiger partial charge < -0.3 is 15.1 Å². The summed E-state index contributed by atoms with van der Waals surface area (Å²) in [6.45, 7) is 4.03. The van der Waals surface area contributed by atoms with E-state index in [0.717, 1.165) is 25.1 Å². The predicted octanol–water partition coefficient (Wildman–Crippen LogP) is 3.89. The smallest absolute Gasteiger partial charge is 0.220 e. The van der Waals surface area contributed by atoms with Gasteiger partial charge in [0.25, 0.3) is 0 Å². The lowest BCUT2D eigenvalue weighted by molar-refractivity contribution is -0.122. The zero-order valence-corrected chi connectivity index (χ0v) is 16.9. The predicted molar refractivity (Wildman–Crippen MR) is 108 cm³/mol. The molecule has 1 aromatic carbocycles. The van der Waals surface area contributed by atoms with E-state index in [1.54, 1.807) is 6.20 Å². The number of hydrogen-bond donors (Lipinski definition) is 2. The molecule has 8 heteroatoms. The molecule has 1 amide bonds. The van der Waals surface area contributed by atoms with E-state index in [9.17, 15) is 4.79 Å². The molecule has 26 heavy (non-hydrogen) atoms. The van der Waals surface area contributed by atoms with Crippen molar-refractivity contribution in [3.63, 3.8) is 0 Å². The molecule has 2 atom stereocenters. The largest absolute Gasteiger partial charge is 0.441 e. The molecule has 0 saturated carbocycles. The Bertz CT molecular complexity index is 708. The first kappa shape index (κ1) is 22.8. The van der Waals surface area contributed by atoms with Gasteiger partial charge in [-0.05, 0) is 31.0 Å².